The van der Waals surface area contributed by atoms with Crippen LogP contribution in [0.2, 0.25) is 0 Å². The van der Waals surface area contributed by atoms with E-state index >= 15 is 0 Å². The fraction of sp³-hybridized carbons (Fsp3) is 0.538. The van der Waals surface area contributed by atoms with E-state index in [1.807, 2.05) is 0 Å². The molecule has 3 aliphatic rings. The number of methoxy groups -OCH3 is 1. The number of nitrogens with one attached hydrogen (secondary N) is 7. The summed E-state index contributed by atoms with van der Waals surface area (Å²) in [6.07, 6.45) is 2.41. The summed E-state index contributed by atoms with van der Waals surface area (Å²) >= 11 is 0. The van der Waals surface area contributed by atoms with Crippen molar-refractivity contribution in [2.75, 3.05) is 32.5 Å². The Bertz CT molecular complexity index is 2570. The highest BCUT2D eigenvalue weighted by Crippen LogP contribution is 2.48. The van der Waals surface area contributed by atoms with E-state index in [9.17, 15) is 52.7 Å². The molecule has 0 radical (unpaired) electrons. The van der Waals surface area contributed by atoms with Crippen LogP contribution in [0.25, 0.3) is 0 Å². The summed E-state index contributed by atoms with van der Waals surface area (Å²) < 4.78 is 4.59. The first-order valence-corrected chi connectivity index (χ1v) is 28.7. The molecule has 2 aromatic rings. The lowest BCUT2D eigenvalue weighted by atomic mass is 9.85. The minimum absolute atomic E-state index is 0.0113. The van der Waals surface area contributed by atoms with Crippen LogP contribution in [0.5, 0.6) is 5.75 Å². The normalized spacial score (nSPS) is 22.6. The van der Waals surface area contributed by atoms with Gasteiger partial charge in [0.15, 0.2) is 5.96 Å². The molecule has 0 unspecified atom stereocenters. The molecule has 0 aromatic heterocycles. The number of carbonyl (C=O) groups is 11. The van der Waals surface area contributed by atoms with Crippen LogP contribution in [0.4, 0.5) is 0 Å². The average Bonchev–Trinajstić information content (AvgIpc) is 3.95. The Morgan fingerprint density at radius 2 is 1.35 bits per heavy atom. The molecule has 80 heavy (non-hydrogen) atoms. The van der Waals surface area contributed by atoms with Crippen molar-refractivity contribution < 1.29 is 57.5 Å². The number of hydrogen-bond acceptors (Lipinski definition) is 15. The first-order chi connectivity index (χ1) is 38.1. The molecule has 26 nitrogen and oxygen atoms in total. The zero-order chi connectivity index (χ0) is 58.4. The molecule has 2 heterocycles. The molecule has 28 heteroatoms. The Kier molecular flexibility index (Phi) is 24.7. The smallest absolute Gasteiger partial charge is 0.246 e. The van der Waals surface area contributed by atoms with Crippen molar-refractivity contribution in [1.29, 1.82) is 0 Å². The van der Waals surface area contributed by atoms with E-state index < -0.39 is 138 Å². The van der Waals surface area contributed by atoms with Gasteiger partial charge < -0.3 is 75.5 Å². The van der Waals surface area contributed by atoms with Gasteiger partial charge in [-0.2, -0.15) is 0 Å². The van der Waals surface area contributed by atoms with Crippen LogP contribution in [0.3, 0.4) is 0 Å². The maximum atomic E-state index is 15.0. The van der Waals surface area contributed by atoms with Crippen molar-refractivity contribution in [3.63, 3.8) is 0 Å². The van der Waals surface area contributed by atoms with Crippen LogP contribution in [0.15, 0.2) is 59.6 Å². The summed E-state index contributed by atoms with van der Waals surface area (Å²) in [4.78, 5) is 156. The molecule has 2 saturated heterocycles. The summed E-state index contributed by atoms with van der Waals surface area (Å²) in [5.41, 5.74) is 28.5. The third-order valence-corrected chi connectivity index (χ3v) is 17.0. The molecular weight excluding hydrogens is 1080 g/mol. The first kappa shape index (κ1) is 63.2. The molecule has 2 aromatic carbocycles. The van der Waals surface area contributed by atoms with Crippen molar-refractivity contribution in [1.82, 2.24) is 42.1 Å². The standard InChI is InChI=1S/C52H74N14O12S2/c1-78-32-16-14-31(15-17-32)25-35-46(73)63-36(24-30-10-4-2-5-11-30)47(74)61-34(18-19-40(53)67)45(72)64-37(26-41(54)68)48(75)65-38(29-79-80-52(27-43(70)60-35)20-6-3-7-21-52)50(77)66-23-9-13-39(66)49(76)62-33(12-8-22-58-51(56)57)44(71)59-28-42(55)69/h2,4-5,10-11,14-17,33-39H,3,6-9,12-13,18-29H2,1H3,(H2,53,67)(H2,54,68)(H2,55,69)(H,59,71)(H,60,70)(H,61,74)(H,62,76)(H,63,73)(H,64,72)(H,65,75)(H4,56,57,58)/t33-,34-,35+,36+,37+,38+,39-/m1/s1. The van der Waals surface area contributed by atoms with Gasteiger partial charge in [-0.1, -0.05) is 83.3 Å². The zero-order valence-corrected chi connectivity index (χ0v) is 46.3. The molecule has 1 saturated carbocycles. The van der Waals surface area contributed by atoms with Crippen LogP contribution in [0.1, 0.15) is 94.6 Å². The summed E-state index contributed by atoms with van der Waals surface area (Å²) in [6, 6.07) is 5.70. The summed E-state index contributed by atoms with van der Waals surface area (Å²) in [6.45, 7) is -0.382. The lowest BCUT2D eigenvalue weighted by Crippen LogP contribution is -2.61. The fourth-order valence-corrected chi connectivity index (χ4v) is 13.0. The molecule has 0 bridgehead atoms. The molecule has 436 valence electrons. The van der Waals surface area contributed by atoms with E-state index in [2.05, 4.69) is 42.2 Å². The quantitative estimate of drug-likeness (QED) is 0.0286. The Morgan fingerprint density at radius 3 is 1.98 bits per heavy atom. The lowest BCUT2D eigenvalue weighted by molar-refractivity contribution is -0.142. The van der Waals surface area contributed by atoms with Gasteiger partial charge in [0.2, 0.25) is 65.0 Å². The van der Waals surface area contributed by atoms with Crippen molar-refractivity contribution in [2.45, 2.75) is 143 Å². The molecule has 17 N–H and O–H groups in total. The number of likely N-dealkylation sites (tertiary alicyclic amines) is 1. The van der Waals surface area contributed by atoms with Crippen molar-refractivity contribution in [2.24, 2.45) is 33.7 Å². The molecule has 7 atom stereocenters. The topological polar surface area (TPSA) is 427 Å². The van der Waals surface area contributed by atoms with Crippen molar-refractivity contribution in [3.05, 3.63) is 65.7 Å². The largest absolute Gasteiger partial charge is 0.497 e. The second-order valence-electron chi connectivity index (χ2n) is 20.0. The number of nitrogens with zero attached hydrogens (tertiary/aromatic N) is 2. The van der Waals surface area contributed by atoms with E-state index in [0.717, 1.165) is 19.3 Å². The van der Waals surface area contributed by atoms with Gasteiger partial charge >= 0.3 is 0 Å². The van der Waals surface area contributed by atoms with E-state index in [4.69, 9.17) is 33.4 Å². The maximum absolute atomic E-state index is 15.0. The van der Waals surface area contributed by atoms with Crippen molar-refractivity contribution >= 4 is 92.5 Å². The minimum atomic E-state index is -1.77. The predicted molar refractivity (Wildman–Crippen MR) is 298 cm³/mol. The average molecular weight is 1150 g/mol. The van der Waals surface area contributed by atoms with Gasteiger partial charge in [-0.3, -0.25) is 57.7 Å². The monoisotopic (exact) mass is 1150 g/mol. The number of benzene rings is 2. The number of nitrogens with two attached hydrogens (primary N) is 5. The zero-order valence-electron chi connectivity index (χ0n) is 44.7. The van der Waals surface area contributed by atoms with E-state index in [-0.39, 0.29) is 63.3 Å². The number of guanidine groups is 1. The Balaban J connectivity index is 1.53. The number of ether oxygens (including phenoxy) is 1. The molecular formula is C52H74N14O12S2. The first-order valence-electron chi connectivity index (χ1n) is 26.4. The Labute approximate surface area is 471 Å². The minimum Gasteiger partial charge on any atom is -0.497 e. The summed E-state index contributed by atoms with van der Waals surface area (Å²) in [5, 5.41) is 18.5. The lowest BCUT2D eigenvalue weighted by Gasteiger charge is -2.37. The number of primary amides is 3. The van der Waals surface area contributed by atoms with Gasteiger partial charge in [0, 0.05) is 49.3 Å². The van der Waals surface area contributed by atoms with Gasteiger partial charge in [-0.25, -0.2) is 0 Å². The van der Waals surface area contributed by atoms with Crippen LogP contribution in [-0.4, -0.2) is 155 Å². The highest BCUT2D eigenvalue weighted by atomic mass is 33.1. The van der Waals surface area contributed by atoms with Crippen molar-refractivity contribution in [3.8, 4) is 5.75 Å². The van der Waals surface area contributed by atoms with Crippen LogP contribution < -0.4 is 70.6 Å². The van der Waals surface area contributed by atoms with Gasteiger partial charge in [-0.15, -0.1) is 0 Å². The highest BCUT2D eigenvalue weighted by molar-refractivity contribution is 8.77. The number of rotatable bonds is 20. The fourth-order valence-electron chi connectivity index (χ4n) is 9.59. The molecule has 1 spiro atoms. The van der Waals surface area contributed by atoms with E-state index in [0.29, 0.717) is 36.1 Å². The Morgan fingerprint density at radius 1 is 0.738 bits per heavy atom. The SMILES string of the molecule is COc1ccc(C[C@@H]2NC(=O)CC3(CCCCC3)SSC[C@@H](C(=O)N3CCC[C@@H]3C(=O)N[C@H](CCCN=C(N)N)C(=O)NCC(N)=O)NC(=O)[C@H](CC(N)=O)NC(=O)[C@@H](CCC(N)=O)NC(=O)[C@H](Cc3ccccc3)NC2=O)cc1. The summed E-state index contributed by atoms with van der Waals surface area (Å²) in [5.74, 6) is -8.92. The molecule has 5 rings (SSSR count). The number of amides is 11. The van der Waals surface area contributed by atoms with Crippen LogP contribution >= 0.6 is 21.6 Å². The third-order valence-electron chi connectivity index (χ3n) is 13.7. The third kappa shape index (κ3) is 20.2. The van der Waals surface area contributed by atoms with Gasteiger partial charge in [-0.05, 0) is 68.2 Å². The predicted octanol–water partition coefficient (Wildman–Crippen LogP) is -2.34. The molecule has 1 aliphatic carbocycles. The summed E-state index contributed by atoms with van der Waals surface area (Å²) in [7, 11) is 4.02. The highest BCUT2D eigenvalue weighted by Gasteiger charge is 2.42. The number of hydrogen-bond donors (Lipinski definition) is 12. The van der Waals surface area contributed by atoms with Crippen LogP contribution in [-0.2, 0) is 65.6 Å². The van der Waals surface area contributed by atoms with Gasteiger partial charge in [0.1, 0.15) is 48.0 Å². The number of aliphatic imine (C=N–C) groups is 1. The van der Waals surface area contributed by atoms with Gasteiger partial charge in [0.05, 0.1) is 20.1 Å². The van der Waals surface area contributed by atoms with Gasteiger partial charge in [0.25, 0.3) is 0 Å². The molecule has 11 amide bonds. The molecule has 2 aliphatic heterocycles. The number of carbonyl (C=O) groups excluding carboxylic acids is 11. The maximum Gasteiger partial charge on any atom is 0.246 e. The Hall–Kier alpha value is -7.62. The molecule has 3 fully saturated rings. The van der Waals surface area contributed by atoms with Crippen LogP contribution in [0, 0.1) is 0 Å². The van der Waals surface area contributed by atoms with E-state index in [1.54, 1.807) is 54.6 Å². The second-order valence-corrected chi connectivity index (χ2v) is 22.8. The second kappa shape index (κ2) is 31.2. The van der Waals surface area contributed by atoms with E-state index in [1.165, 1.54) is 33.6 Å².